The molecule has 22 heavy (non-hydrogen) atoms. The number of rotatable bonds is 4. The molecule has 3 nitrogen and oxygen atoms in total. The van der Waals surface area contributed by atoms with Crippen LogP contribution in [0.2, 0.25) is 5.02 Å². The summed E-state index contributed by atoms with van der Waals surface area (Å²) in [5.74, 6) is 2.22. The van der Waals surface area contributed by atoms with Gasteiger partial charge in [-0.2, -0.15) is 0 Å². The molecule has 2 fully saturated rings. The Balaban J connectivity index is 2.02. The van der Waals surface area contributed by atoms with E-state index in [1.54, 1.807) is 13.2 Å². The molecule has 0 amide bonds. The van der Waals surface area contributed by atoms with Gasteiger partial charge in [-0.25, -0.2) is 0 Å². The van der Waals surface area contributed by atoms with Crippen molar-refractivity contribution in [2.75, 3.05) is 27.7 Å². The maximum absolute atomic E-state index is 11.6. The minimum atomic E-state index is -0.799. The largest absolute Gasteiger partial charge is 0.497 e. The van der Waals surface area contributed by atoms with E-state index in [1.807, 2.05) is 12.1 Å². The molecule has 2 aliphatic carbocycles. The summed E-state index contributed by atoms with van der Waals surface area (Å²) in [5, 5.41) is 12.3. The summed E-state index contributed by atoms with van der Waals surface area (Å²) in [4.78, 5) is 2.19. The van der Waals surface area contributed by atoms with Gasteiger partial charge in [0.2, 0.25) is 0 Å². The van der Waals surface area contributed by atoms with Crippen LogP contribution in [0.3, 0.4) is 0 Å². The zero-order chi connectivity index (χ0) is 15.9. The van der Waals surface area contributed by atoms with E-state index in [9.17, 15) is 5.11 Å². The highest BCUT2D eigenvalue weighted by molar-refractivity contribution is 6.30. The minimum Gasteiger partial charge on any atom is -0.497 e. The molecule has 0 unspecified atom stereocenters. The molecule has 4 atom stereocenters. The Kier molecular flexibility index (Phi) is 4.41. The predicted octanol–water partition coefficient (Wildman–Crippen LogP) is 3.53. The topological polar surface area (TPSA) is 32.7 Å². The third-order valence-corrected chi connectivity index (χ3v) is 5.75. The second-order valence-electron chi connectivity index (χ2n) is 7.32. The summed E-state index contributed by atoms with van der Waals surface area (Å²) in [6.45, 7) is 0.905. The third kappa shape index (κ3) is 2.86. The normalized spacial score (nSPS) is 34.2. The molecule has 2 bridgehead atoms. The van der Waals surface area contributed by atoms with Crippen LogP contribution in [0.1, 0.15) is 31.2 Å². The van der Waals surface area contributed by atoms with Gasteiger partial charge >= 0.3 is 0 Å². The zero-order valence-corrected chi connectivity index (χ0v) is 14.4. The summed E-state index contributed by atoms with van der Waals surface area (Å²) in [5.41, 5.74) is 0.118. The van der Waals surface area contributed by atoms with E-state index in [0.717, 1.165) is 24.3 Å². The van der Waals surface area contributed by atoms with Gasteiger partial charge in [0.15, 0.2) is 0 Å². The van der Waals surface area contributed by atoms with Crippen molar-refractivity contribution in [3.05, 3.63) is 28.8 Å². The number of hydrogen-bond donors (Lipinski definition) is 1. The molecule has 3 rings (SSSR count). The lowest BCUT2D eigenvalue weighted by atomic mass is 9.66. The SMILES string of the molecule is COc1cc(Cl)cc([C@@]2(O)C[C@H]3CC[C@H](C3)[C@@H]2CN(C)C)c1. The maximum Gasteiger partial charge on any atom is 0.120 e. The van der Waals surface area contributed by atoms with Crippen molar-refractivity contribution in [1.82, 2.24) is 4.90 Å². The van der Waals surface area contributed by atoms with Crippen LogP contribution in [0.15, 0.2) is 18.2 Å². The number of methoxy groups -OCH3 is 1. The summed E-state index contributed by atoms with van der Waals surface area (Å²) in [7, 11) is 5.81. The van der Waals surface area contributed by atoms with E-state index in [4.69, 9.17) is 16.3 Å². The highest BCUT2D eigenvalue weighted by Crippen LogP contribution is 2.54. The van der Waals surface area contributed by atoms with E-state index in [2.05, 4.69) is 19.0 Å². The van der Waals surface area contributed by atoms with Crippen molar-refractivity contribution in [1.29, 1.82) is 0 Å². The Morgan fingerprint density at radius 1 is 1.32 bits per heavy atom. The number of halogens is 1. The molecule has 2 aliphatic rings. The number of hydrogen-bond acceptors (Lipinski definition) is 3. The van der Waals surface area contributed by atoms with Crippen LogP contribution in [0.4, 0.5) is 0 Å². The predicted molar refractivity (Wildman–Crippen MR) is 89.4 cm³/mol. The van der Waals surface area contributed by atoms with Gasteiger partial charge in [-0.1, -0.05) is 18.0 Å². The van der Waals surface area contributed by atoms with E-state index in [1.165, 1.54) is 19.3 Å². The number of benzene rings is 1. The van der Waals surface area contributed by atoms with Gasteiger partial charge in [-0.15, -0.1) is 0 Å². The van der Waals surface area contributed by atoms with Crippen molar-refractivity contribution >= 4 is 11.6 Å². The van der Waals surface area contributed by atoms with Gasteiger partial charge in [0.25, 0.3) is 0 Å². The first-order valence-electron chi connectivity index (χ1n) is 8.14. The standard InChI is InChI=1S/C18H26ClNO2/c1-20(2)11-17-13-5-4-12(6-13)10-18(17,21)14-7-15(19)9-16(8-14)22-3/h7-9,12-13,17,21H,4-6,10-11H2,1-3H3/t12-,13+,17-,18-/m0/s1. The molecule has 1 aromatic rings. The Morgan fingerprint density at radius 3 is 2.77 bits per heavy atom. The molecular weight excluding hydrogens is 298 g/mol. The van der Waals surface area contributed by atoms with Gasteiger partial charge in [0.1, 0.15) is 5.75 Å². The second-order valence-corrected chi connectivity index (χ2v) is 7.75. The van der Waals surface area contributed by atoms with Gasteiger partial charge in [-0.3, -0.25) is 0 Å². The van der Waals surface area contributed by atoms with Crippen molar-refractivity contribution in [3.63, 3.8) is 0 Å². The van der Waals surface area contributed by atoms with E-state index in [0.29, 0.717) is 16.9 Å². The van der Waals surface area contributed by atoms with Gasteiger partial charge in [0.05, 0.1) is 12.7 Å². The molecule has 0 aliphatic heterocycles. The lowest BCUT2D eigenvalue weighted by Crippen LogP contribution is -2.47. The lowest BCUT2D eigenvalue weighted by molar-refractivity contribution is -0.0892. The van der Waals surface area contributed by atoms with Crippen LogP contribution < -0.4 is 4.74 Å². The van der Waals surface area contributed by atoms with Crippen LogP contribution in [-0.2, 0) is 5.60 Å². The van der Waals surface area contributed by atoms with Gasteiger partial charge < -0.3 is 14.7 Å². The minimum absolute atomic E-state index is 0.254. The number of ether oxygens (including phenoxy) is 1. The number of nitrogens with zero attached hydrogens (tertiary/aromatic N) is 1. The molecular formula is C18H26ClNO2. The average molecular weight is 324 g/mol. The van der Waals surface area contributed by atoms with Crippen LogP contribution in [0.5, 0.6) is 5.75 Å². The second kappa shape index (κ2) is 6.03. The monoisotopic (exact) mass is 323 g/mol. The van der Waals surface area contributed by atoms with E-state index < -0.39 is 5.60 Å². The Morgan fingerprint density at radius 2 is 2.09 bits per heavy atom. The average Bonchev–Trinajstić information content (AvgIpc) is 2.86. The number of fused-ring (bicyclic) bond motifs is 2. The van der Waals surface area contributed by atoms with Crippen LogP contribution in [0, 0.1) is 17.8 Å². The van der Waals surface area contributed by atoms with Gasteiger partial charge in [-0.05, 0) is 69.0 Å². The molecule has 4 heteroatoms. The first-order chi connectivity index (χ1) is 10.4. The highest BCUT2D eigenvalue weighted by Gasteiger charge is 2.51. The molecule has 0 heterocycles. The van der Waals surface area contributed by atoms with Crippen molar-refractivity contribution < 1.29 is 9.84 Å². The molecule has 2 saturated carbocycles. The van der Waals surface area contributed by atoms with Crippen molar-refractivity contribution in [3.8, 4) is 5.75 Å². The van der Waals surface area contributed by atoms with Gasteiger partial charge in [0, 0.05) is 17.5 Å². The summed E-state index contributed by atoms with van der Waals surface area (Å²) >= 11 is 6.25. The molecule has 0 aromatic heterocycles. The fraction of sp³-hybridized carbons (Fsp3) is 0.667. The number of aliphatic hydroxyl groups is 1. The Bertz CT molecular complexity index is 548. The highest BCUT2D eigenvalue weighted by atomic mass is 35.5. The van der Waals surface area contributed by atoms with Crippen molar-refractivity contribution in [2.24, 2.45) is 17.8 Å². The quantitative estimate of drug-likeness (QED) is 0.920. The first-order valence-corrected chi connectivity index (χ1v) is 8.52. The fourth-order valence-corrected chi connectivity index (χ4v) is 4.83. The molecule has 1 aromatic carbocycles. The molecule has 1 N–H and O–H groups in total. The summed E-state index contributed by atoms with van der Waals surface area (Å²) in [6, 6.07) is 5.67. The first kappa shape index (κ1) is 16.1. The fourth-order valence-electron chi connectivity index (χ4n) is 4.60. The summed E-state index contributed by atoms with van der Waals surface area (Å²) in [6.07, 6.45) is 4.59. The van der Waals surface area contributed by atoms with E-state index in [-0.39, 0.29) is 5.92 Å². The zero-order valence-electron chi connectivity index (χ0n) is 13.7. The molecule has 0 radical (unpaired) electrons. The van der Waals surface area contributed by atoms with Crippen LogP contribution >= 0.6 is 11.6 Å². The Labute approximate surface area is 138 Å². The van der Waals surface area contributed by atoms with Crippen LogP contribution in [0.25, 0.3) is 0 Å². The maximum atomic E-state index is 11.6. The Hall–Kier alpha value is -0.770. The van der Waals surface area contributed by atoms with Crippen molar-refractivity contribution in [2.45, 2.75) is 31.3 Å². The lowest BCUT2D eigenvalue weighted by Gasteiger charge is -2.45. The third-order valence-electron chi connectivity index (χ3n) is 5.53. The smallest absolute Gasteiger partial charge is 0.120 e. The molecule has 0 saturated heterocycles. The van der Waals surface area contributed by atoms with E-state index >= 15 is 0 Å². The summed E-state index contributed by atoms with van der Waals surface area (Å²) < 4.78 is 5.35. The molecule has 0 spiro atoms. The van der Waals surface area contributed by atoms with Crippen LogP contribution in [-0.4, -0.2) is 37.8 Å². The molecule has 122 valence electrons.